The van der Waals surface area contributed by atoms with Crippen molar-refractivity contribution < 1.29 is 9.18 Å². The fourth-order valence-corrected chi connectivity index (χ4v) is 2.48. The van der Waals surface area contributed by atoms with E-state index in [0.717, 1.165) is 11.5 Å². The van der Waals surface area contributed by atoms with E-state index < -0.39 is 11.8 Å². The first-order valence-electron chi connectivity index (χ1n) is 8.63. The zero-order valence-electron chi connectivity index (χ0n) is 15.8. The lowest BCUT2D eigenvalue weighted by molar-refractivity contribution is 0.262. The van der Waals surface area contributed by atoms with E-state index in [-0.39, 0.29) is 5.69 Å². The van der Waals surface area contributed by atoms with Gasteiger partial charge in [0.15, 0.2) is 0 Å². The third kappa shape index (κ3) is 4.94. The molecular formula is C20H21FN6O. The van der Waals surface area contributed by atoms with E-state index in [4.69, 9.17) is 0 Å². The zero-order valence-corrected chi connectivity index (χ0v) is 15.8. The second-order valence-corrected chi connectivity index (χ2v) is 6.31. The normalized spacial score (nSPS) is 10.3. The molecule has 1 aromatic heterocycles. The van der Waals surface area contributed by atoms with Crippen molar-refractivity contribution in [3.05, 3.63) is 66.2 Å². The number of para-hydroxylation sites is 1. The van der Waals surface area contributed by atoms with Crippen LogP contribution in [0.1, 0.15) is 5.82 Å². The number of hydrogen-bond acceptors (Lipinski definition) is 5. The highest BCUT2D eigenvalue weighted by atomic mass is 19.1. The number of amides is 2. The summed E-state index contributed by atoms with van der Waals surface area (Å²) in [4.78, 5) is 22.7. The topological polar surface area (TPSA) is 82.2 Å². The monoisotopic (exact) mass is 380 g/mol. The fourth-order valence-electron chi connectivity index (χ4n) is 2.48. The summed E-state index contributed by atoms with van der Waals surface area (Å²) in [6.07, 6.45) is 0. The Labute approximate surface area is 162 Å². The minimum absolute atomic E-state index is 0.120. The first-order chi connectivity index (χ1) is 13.4. The number of benzene rings is 2. The summed E-state index contributed by atoms with van der Waals surface area (Å²) < 4.78 is 13.6. The van der Waals surface area contributed by atoms with E-state index in [0.29, 0.717) is 17.3 Å². The second-order valence-electron chi connectivity index (χ2n) is 6.31. The molecule has 0 saturated heterocycles. The van der Waals surface area contributed by atoms with Gasteiger partial charge in [0.2, 0.25) is 0 Å². The van der Waals surface area contributed by atoms with Crippen LogP contribution >= 0.6 is 0 Å². The van der Waals surface area contributed by atoms with Gasteiger partial charge in [0.1, 0.15) is 23.3 Å². The summed E-state index contributed by atoms with van der Waals surface area (Å²) in [5, 5.41) is 8.35. The van der Waals surface area contributed by atoms with Crippen molar-refractivity contribution in [1.29, 1.82) is 0 Å². The standard InChI is InChI=1S/C20H21FN6O/c1-13-22-18(12-19(23-13)27(2)3)24-14-8-10-15(11-9-14)25-20(28)26-17-7-5-4-6-16(17)21/h4-12H,1-3H3,(H,22,23,24)(H2,25,26,28). The van der Waals surface area contributed by atoms with Gasteiger partial charge in [-0.3, -0.25) is 0 Å². The fraction of sp³-hybridized carbons (Fsp3) is 0.150. The van der Waals surface area contributed by atoms with Gasteiger partial charge in [0.05, 0.1) is 5.69 Å². The maximum Gasteiger partial charge on any atom is 0.323 e. The molecule has 8 heteroatoms. The van der Waals surface area contributed by atoms with Crippen molar-refractivity contribution in [2.24, 2.45) is 0 Å². The van der Waals surface area contributed by atoms with Crippen molar-refractivity contribution in [2.45, 2.75) is 6.92 Å². The molecule has 0 atom stereocenters. The number of anilines is 5. The van der Waals surface area contributed by atoms with Crippen LogP contribution in [0.2, 0.25) is 0 Å². The first kappa shape index (κ1) is 19.1. The number of hydrogen-bond donors (Lipinski definition) is 3. The van der Waals surface area contributed by atoms with Crippen molar-refractivity contribution >= 4 is 34.7 Å². The Morgan fingerprint density at radius 2 is 1.64 bits per heavy atom. The molecule has 0 unspecified atom stereocenters. The molecule has 3 aromatic rings. The SMILES string of the molecule is Cc1nc(Nc2ccc(NC(=O)Nc3ccccc3F)cc2)cc(N(C)C)n1. The van der Waals surface area contributed by atoms with Crippen LogP contribution in [-0.4, -0.2) is 30.1 Å². The molecule has 0 spiro atoms. The molecule has 0 fully saturated rings. The predicted molar refractivity (Wildman–Crippen MR) is 110 cm³/mol. The lowest BCUT2D eigenvalue weighted by Gasteiger charge is -2.14. The van der Waals surface area contributed by atoms with Crippen molar-refractivity contribution in [3.63, 3.8) is 0 Å². The third-order valence-corrected chi connectivity index (χ3v) is 3.82. The predicted octanol–water partition coefficient (Wildman–Crippen LogP) is 4.38. The maximum atomic E-state index is 13.6. The number of rotatable bonds is 5. The molecule has 0 aliphatic heterocycles. The molecule has 0 saturated carbocycles. The molecule has 144 valence electrons. The Bertz CT molecular complexity index is 975. The van der Waals surface area contributed by atoms with Crippen LogP contribution < -0.4 is 20.9 Å². The highest BCUT2D eigenvalue weighted by molar-refractivity contribution is 5.99. The molecule has 0 aliphatic carbocycles. The molecular weight excluding hydrogens is 359 g/mol. The van der Waals surface area contributed by atoms with Gasteiger partial charge < -0.3 is 20.9 Å². The number of carbonyl (C=O) groups excluding carboxylic acids is 1. The van der Waals surface area contributed by atoms with E-state index in [2.05, 4.69) is 25.9 Å². The number of urea groups is 1. The summed E-state index contributed by atoms with van der Waals surface area (Å²) in [6, 6.07) is 14.4. The average molecular weight is 380 g/mol. The Morgan fingerprint density at radius 1 is 0.964 bits per heavy atom. The number of aryl methyl sites for hydroxylation is 1. The van der Waals surface area contributed by atoms with E-state index in [9.17, 15) is 9.18 Å². The quantitative estimate of drug-likeness (QED) is 0.612. The van der Waals surface area contributed by atoms with Crippen molar-refractivity contribution in [2.75, 3.05) is 34.9 Å². The zero-order chi connectivity index (χ0) is 20.1. The summed E-state index contributed by atoms with van der Waals surface area (Å²) in [5.41, 5.74) is 1.50. The van der Waals surface area contributed by atoms with Crippen LogP contribution in [0.5, 0.6) is 0 Å². The molecule has 3 N–H and O–H groups in total. The van der Waals surface area contributed by atoms with Gasteiger partial charge in [-0.15, -0.1) is 0 Å². The Hall–Kier alpha value is -3.68. The number of halogens is 1. The summed E-state index contributed by atoms with van der Waals surface area (Å²) >= 11 is 0. The van der Waals surface area contributed by atoms with Gasteiger partial charge in [0.25, 0.3) is 0 Å². The molecule has 0 radical (unpaired) electrons. The second kappa shape index (κ2) is 8.34. The molecule has 7 nitrogen and oxygen atoms in total. The van der Waals surface area contributed by atoms with E-state index >= 15 is 0 Å². The van der Waals surface area contributed by atoms with Gasteiger partial charge in [0, 0.05) is 31.5 Å². The third-order valence-electron chi connectivity index (χ3n) is 3.82. The average Bonchev–Trinajstić information content (AvgIpc) is 2.65. The molecule has 0 aliphatic rings. The first-order valence-corrected chi connectivity index (χ1v) is 8.63. The van der Waals surface area contributed by atoms with E-state index in [1.54, 1.807) is 24.3 Å². The summed E-state index contributed by atoms with van der Waals surface area (Å²) in [7, 11) is 3.83. The summed E-state index contributed by atoms with van der Waals surface area (Å²) in [5.74, 6) is 1.65. The van der Waals surface area contributed by atoms with E-state index in [1.807, 2.05) is 44.1 Å². The van der Waals surface area contributed by atoms with Crippen LogP contribution in [0.15, 0.2) is 54.6 Å². The lowest BCUT2D eigenvalue weighted by Crippen LogP contribution is -2.20. The van der Waals surface area contributed by atoms with Crippen LogP contribution in [-0.2, 0) is 0 Å². The van der Waals surface area contributed by atoms with Gasteiger partial charge in [-0.25, -0.2) is 19.2 Å². The molecule has 2 amide bonds. The van der Waals surface area contributed by atoms with Crippen LogP contribution in [0, 0.1) is 12.7 Å². The van der Waals surface area contributed by atoms with Gasteiger partial charge >= 0.3 is 6.03 Å². The molecule has 3 rings (SSSR count). The Balaban J connectivity index is 1.64. The molecule has 1 heterocycles. The van der Waals surface area contributed by atoms with E-state index in [1.165, 1.54) is 12.1 Å². The van der Waals surface area contributed by atoms with Crippen LogP contribution in [0.3, 0.4) is 0 Å². The largest absolute Gasteiger partial charge is 0.363 e. The minimum atomic E-state index is -0.521. The number of nitrogens with one attached hydrogen (secondary N) is 3. The van der Waals surface area contributed by atoms with Gasteiger partial charge in [-0.1, -0.05) is 12.1 Å². The molecule has 28 heavy (non-hydrogen) atoms. The highest BCUT2D eigenvalue weighted by Gasteiger charge is 2.07. The van der Waals surface area contributed by atoms with Crippen molar-refractivity contribution in [3.8, 4) is 0 Å². The number of aromatic nitrogens is 2. The van der Waals surface area contributed by atoms with Gasteiger partial charge in [-0.05, 0) is 43.3 Å². The Morgan fingerprint density at radius 3 is 2.32 bits per heavy atom. The minimum Gasteiger partial charge on any atom is -0.363 e. The van der Waals surface area contributed by atoms with Crippen LogP contribution in [0.25, 0.3) is 0 Å². The van der Waals surface area contributed by atoms with Crippen molar-refractivity contribution in [1.82, 2.24) is 9.97 Å². The maximum absolute atomic E-state index is 13.6. The molecule has 0 bridgehead atoms. The summed E-state index contributed by atoms with van der Waals surface area (Å²) in [6.45, 7) is 1.83. The Kier molecular flexibility index (Phi) is 5.69. The number of carbonyl (C=O) groups is 1. The molecule has 2 aromatic carbocycles. The lowest BCUT2D eigenvalue weighted by atomic mass is 10.2. The van der Waals surface area contributed by atoms with Crippen LogP contribution in [0.4, 0.5) is 37.9 Å². The number of nitrogens with zero attached hydrogens (tertiary/aromatic N) is 3. The smallest absolute Gasteiger partial charge is 0.323 e. The highest BCUT2D eigenvalue weighted by Crippen LogP contribution is 2.21. The van der Waals surface area contributed by atoms with Gasteiger partial charge in [-0.2, -0.15) is 0 Å².